The first-order chi connectivity index (χ1) is 10.3. The maximum atomic E-state index is 11.3. The Morgan fingerprint density at radius 3 is 2.67 bits per heavy atom. The summed E-state index contributed by atoms with van der Waals surface area (Å²) in [5, 5.41) is 3.59. The second kappa shape index (κ2) is 12.0. The number of esters is 1. The quantitative estimate of drug-likeness (QED) is 0.444. The molecule has 0 aromatic carbocycles. The van der Waals surface area contributed by atoms with E-state index in [4.69, 9.17) is 4.74 Å². The molecule has 0 aromatic rings. The Balaban J connectivity index is 2.11. The van der Waals surface area contributed by atoms with Gasteiger partial charge < -0.3 is 15.0 Å². The van der Waals surface area contributed by atoms with E-state index in [-0.39, 0.29) is 5.97 Å². The van der Waals surface area contributed by atoms with E-state index in [9.17, 15) is 4.79 Å². The molecule has 1 saturated heterocycles. The third-order valence-corrected chi connectivity index (χ3v) is 4.13. The van der Waals surface area contributed by atoms with Gasteiger partial charge in [0.2, 0.25) is 0 Å². The molecule has 0 bridgehead atoms. The number of nitrogens with zero attached hydrogens (tertiary/aromatic N) is 1. The lowest BCUT2D eigenvalue weighted by Gasteiger charge is -2.25. The third-order valence-electron chi connectivity index (χ3n) is 4.13. The molecule has 1 N–H and O–H groups in total. The smallest absolute Gasteiger partial charge is 0.305 e. The Bertz CT molecular complexity index is 266. The number of carbonyl (C=O) groups is 1. The first kappa shape index (κ1) is 18.4. The molecule has 0 aliphatic carbocycles. The second-order valence-corrected chi connectivity index (χ2v) is 6.06. The van der Waals surface area contributed by atoms with E-state index in [1.54, 1.807) is 0 Å². The first-order valence-corrected chi connectivity index (χ1v) is 8.87. The monoisotopic (exact) mass is 298 g/mol. The summed E-state index contributed by atoms with van der Waals surface area (Å²) in [6.45, 7) is 9.38. The third kappa shape index (κ3) is 9.10. The molecular formula is C17H34N2O2. The fourth-order valence-electron chi connectivity index (χ4n) is 2.91. The zero-order chi connectivity index (χ0) is 15.3. The lowest BCUT2D eigenvalue weighted by Crippen LogP contribution is -2.38. The fourth-order valence-corrected chi connectivity index (χ4v) is 2.91. The largest absolute Gasteiger partial charge is 0.466 e. The summed E-state index contributed by atoms with van der Waals surface area (Å²) in [5.74, 6) is -0.0458. The highest BCUT2D eigenvalue weighted by Crippen LogP contribution is 2.10. The number of ether oxygens (including phenoxy) is 1. The molecule has 1 unspecified atom stereocenters. The van der Waals surface area contributed by atoms with Crippen LogP contribution in [0.25, 0.3) is 0 Å². The van der Waals surface area contributed by atoms with Gasteiger partial charge in [-0.25, -0.2) is 0 Å². The van der Waals surface area contributed by atoms with E-state index >= 15 is 0 Å². The zero-order valence-corrected chi connectivity index (χ0v) is 14.0. The van der Waals surface area contributed by atoms with Gasteiger partial charge in [-0.2, -0.15) is 0 Å². The van der Waals surface area contributed by atoms with Gasteiger partial charge in [0.15, 0.2) is 0 Å². The lowest BCUT2D eigenvalue weighted by atomic mass is 10.1. The Kier molecular flexibility index (Phi) is 10.5. The molecule has 21 heavy (non-hydrogen) atoms. The van der Waals surface area contributed by atoms with Crippen LogP contribution in [0.4, 0.5) is 0 Å². The number of unbranched alkanes of at least 4 members (excludes halogenated alkanes) is 3. The van der Waals surface area contributed by atoms with E-state index in [1.165, 1.54) is 58.3 Å². The van der Waals surface area contributed by atoms with Gasteiger partial charge in [-0.05, 0) is 58.7 Å². The van der Waals surface area contributed by atoms with Gasteiger partial charge in [-0.15, -0.1) is 0 Å². The standard InChI is InChI=1S/C17H34N2O2/c1-3-5-13-19(15-16-10-9-12-18-16)14-8-6-7-11-17(20)21-4-2/h16,18H,3-15H2,1-2H3. The van der Waals surface area contributed by atoms with Crippen LogP contribution < -0.4 is 5.32 Å². The Hall–Kier alpha value is -0.610. The maximum absolute atomic E-state index is 11.3. The van der Waals surface area contributed by atoms with Crippen molar-refractivity contribution in [2.24, 2.45) is 0 Å². The molecule has 124 valence electrons. The van der Waals surface area contributed by atoms with Crippen LogP contribution in [0.3, 0.4) is 0 Å². The van der Waals surface area contributed by atoms with E-state index in [2.05, 4.69) is 17.1 Å². The van der Waals surface area contributed by atoms with Crippen molar-refractivity contribution in [3.05, 3.63) is 0 Å². The predicted molar refractivity (Wildman–Crippen MR) is 87.5 cm³/mol. The number of hydrogen-bond donors (Lipinski definition) is 1. The number of rotatable bonds is 12. The van der Waals surface area contributed by atoms with E-state index in [1.807, 2.05) is 6.92 Å². The minimum absolute atomic E-state index is 0.0458. The molecule has 0 aromatic heterocycles. The Labute approximate surface area is 130 Å². The van der Waals surface area contributed by atoms with Crippen LogP contribution in [0.15, 0.2) is 0 Å². The summed E-state index contributed by atoms with van der Waals surface area (Å²) >= 11 is 0. The molecule has 1 rings (SSSR count). The summed E-state index contributed by atoms with van der Waals surface area (Å²) < 4.78 is 4.95. The highest BCUT2D eigenvalue weighted by atomic mass is 16.5. The molecule has 4 nitrogen and oxygen atoms in total. The lowest BCUT2D eigenvalue weighted by molar-refractivity contribution is -0.143. The van der Waals surface area contributed by atoms with Crippen molar-refractivity contribution in [1.29, 1.82) is 0 Å². The van der Waals surface area contributed by atoms with Crippen LogP contribution in [0.1, 0.15) is 65.2 Å². The van der Waals surface area contributed by atoms with Crippen molar-refractivity contribution in [2.45, 2.75) is 71.3 Å². The van der Waals surface area contributed by atoms with Crippen LogP contribution in [-0.2, 0) is 9.53 Å². The van der Waals surface area contributed by atoms with Crippen LogP contribution in [0.2, 0.25) is 0 Å². The molecule has 1 fully saturated rings. The summed E-state index contributed by atoms with van der Waals surface area (Å²) in [5.41, 5.74) is 0. The summed E-state index contributed by atoms with van der Waals surface area (Å²) in [6, 6.07) is 0.696. The van der Waals surface area contributed by atoms with Crippen LogP contribution in [0.5, 0.6) is 0 Å². The number of carbonyl (C=O) groups excluding carboxylic acids is 1. The van der Waals surface area contributed by atoms with E-state index in [0.717, 1.165) is 12.8 Å². The van der Waals surface area contributed by atoms with Gasteiger partial charge in [-0.3, -0.25) is 4.79 Å². The van der Waals surface area contributed by atoms with Crippen molar-refractivity contribution in [1.82, 2.24) is 10.2 Å². The minimum atomic E-state index is -0.0458. The van der Waals surface area contributed by atoms with Gasteiger partial charge in [0.1, 0.15) is 0 Å². The van der Waals surface area contributed by atoms with Crippen LogP contribution >= 0.6 is 0 Å². The number of nitrogens with one attached hydrogen (secondary N) is 1. The molecule has 0 amide bonds. The fraction of sp³-hybridized carbons (Fsp3) is 0.941. The molecule has 1 heterocycles. The van der Waals surface area contributed by atoms with Gasteiger partial charge in [0, 0.05) is 19.0 Å². The zero-order valence-electron chi connectivity index (χ0n) is 14.0. The molecule has 1 atom stereocenters. The molecule has 0 spiro atoms. The van der Waals surface area contributed by atoms with Crippen molar-refractivity contribution in [3.8, 4) is 0 Å². The molecule has 0 saturated carbocycles. The molecule has 1 aliphatic heterocycles. The first-order valence-electron chi connectivity index (χ1n) is 8.87. The normalized spacial score (nSPS) is 18.3. The van der Waals surface area contributed by atoms with E-state index in [0.29, 0.717) is 19.1 Å². The molecule has 1 aliphatic rings. The highest BCUT2D eigenvalue weighted by molar-refractivity contribution is 5.69. The highest BCUT2D eigenvalue weighted by Gasteiger charge is 2.17. The van der Waals surface area contributed by atoms with Crippen molar-refractivity contribution in [3.63, 3.8) is 0 Å². The Morgan fingerprint density at radius 1 is 1.19 bits per heavy atom. The van der Waals surface area contributed by atoms with Gasteiger partial charge in [0.25, 0.3) is 0 Å². The Morgan fingerprint density at radius 2 is 2.00 bits per heavy atom. The van der Waals surface area contributed by atoms with Crippen LogP contribution in [0, 0.1) is 0 Å². The summed E-state index contributed by atoms with van der Waals surface area (Å²) in [4.78, 5) is 13.9. The van der Waals surface area contributed by atoms with Crippen LogP contribution in [-0.4, -0.2) is 49.7 Å². The van der Waals surface area contributed by atoms with E-state index < -0.39 is 0 Å². The van der Waals surface area contributed by atoms with Gasteiger partial charge in [-0.1, -0.05) is 19.8 Å². The molecular weight excluding hydrogens is 264 g/mol. The number of hydrogen-bond acceptors (Lipinski definition) is 4. The predicted octanol–water partition coefficient (Wildman–Crippen LogP) is 2.96. The van der Waals surface area contributed by atoms with Gasteiger partial charge >= 0.3 is 5.97 Å². The molecule has 0 radical (unpaired) electrons. The second-order valence-electron chi connectivity index (χ2n) is 6.06. The average Bonchev–Trinajstić information content (AvgIpc) is 2.97. The topological polar surface area (TPSA) is 41.6 Å². The summed E-state index contributed by atoms with van der Waals surface area (Å²) in [6.07, 6.45) is 9.05. The van der Waals surface area contributed by atoms with Crippen molar-refractivity contribution < 1.29 is 9.53 Å². The van der Waals surface area contributed by atoms with Crippen molar-refractivity contribution in [2.75, 3.05) is 32.8 Å². The minimum Gasteiger partial charge on any atom is -0.466 e. The SMILES string of the molecule is CCCCN(CCCCCC(=O)OCC)CC1CCCN1. The van der Waals surface area contributed by atoms with Crippen molar-refractivity contribution >= 4 is 5.97 Å². The van der Waals surface area contributed by atoms with Gasteiger partial charge in [0.05, 0.1) is 6.61 Å². The maximum Gasteiger partial charge on any atom is 0.305 e. The average molecular weight is 298 g/mol. The summed E-state index contributed by atoms with van der Waals surface area (Å²) in [7, 11) is 0. The molecule has 4 heteroatoms.